The molecule has 0 spiro atoms. The highest BCUT2D eigenvalue weighted by Gasteiger charge is 2.46. The van der Waals surface area contributed by atoms with Gasteiger partial charge in [0.25, 0.3) is 0 Å². The highest BCUT2D eigenvalue weighted by Crippen LogP contribution is 2.53. The Labute approximate surface area is 92.4 Å². The minimum absolute atomic E-state index is 0.0709. The van der Waals surface area contributed by atoms with Gasteiger partial charge in [-0.15, -0.1) is 0 Å². The van der Waals surface area contributed by atoms with E-state index in [-0.39, 0.29) is 5.75 Å². The van der Waals surface area contributed by atoms with Gasteiger partial charge in [0.1, 0.15) is 5.75 Å². The zero-order valence-electron chi connectivity index (χ0n) is 8.25. The molecular formula is C11H10ClNO2. The van der Waals surface area contributed by atoms with Crippen LogP contribution in [0, 0.1) is 6.92 Å². The monoisotopic (exact) mass is 223 g/mol. The Morgan fingerprint density at radius 1 is 1.53 bits per heavy atom. The van der Waals surface area contributed by atoms with Crippen LogP contribution in [-0.2, 0) is 10.3 Å². The lowest BCUT2D eigenvalue weighted by atomic mass is 10.0. The predicted molar refractivity (Wildman–Crippen MR) is 56.9 cm³/mol. The maximum absolute atomic E-state index is 10.3. The second-order valence-corrected chi connectivity index (χ2v) is 4.21. The van der Waals surface area contributed by atoms with Gasteiger partial charge in [0, 0.05) is 5.56 Å². The number of phenolic OH excluding ortho intramolecular Hbond substituents is 1. The van der Waals surface area contributed by atoms with Gasteiger partial charge in [0.2, 0.25) is 6.08 Å². The number of carbonyl (C=O) groups excluding carboxylic acids is 1. The van der Waals surface area contributed by atoms with Crippen molar-refractivity contribution in [3.63, 3.8) is 0 Å². The van der Waals surface area contributed by atoms with Crippen molar-refractivity contribution in [2.45, 2.75) is 25.3 Å². The number of benzene rings is 1. The molecule has 0 radical (unpaired) electrons. The lowest BCUT2D eigenvalue weighted by Gasteiger charge is -2.12. The Morgan fingerprint density at radius 2 is 2.20 bits per heavy atom. The molecule has 1 N–H and O–H groups in total. The fraction of sp³-hybridized carbons (Fsp3) is 0.364. The number of aryl methyl sites for hydroxylation is 1. The van der Waals surface area contributed by atoms with Crippen LogP contribution in [0.2, 0.25) is 5.02 Å². The zero-order valence-corrected chi connectivity index (χ0v) is 9.01. The normalized spacial score (nSPS) is 16.9. The van der Waals surface area contributed by atoms with Crippen molar-refractivity contribution < 1.29 is 9.90 Å². The summed E-state index contributed by atoms with van der Waals surface area (Å²) in [7, 11) is 0. The number of halogens is 1. The molecule has 0 saturated heterocycles. The molecule has 1 aromatic rings. The number of hydrogen-bond acceptors (Lipinski definition) is 3. The maximum Gasteiger partial charge on any atom is 0.235 e. The fourth-order valence-corrected chi connectivity index (χ4v) is 2.06. The molecule has 0 aliphatic heterocycles. The maximum atomic E-state index is 10.3. The summed E-state index contributed by atoms with van der Waals surface area (Å²) in [6.07, 6.45) is 3.13. The molecule has 0 aromatic heterocycles. The Hall–Kier alpha value is -1.31. The van der Waals surface area contributed by atoms with Crippen LogP contribution in [0.1, 0.15) is 24.0 Å². The molecule has 2 rings (SSSR count). The molecule has 1 saturated carbocycles. The van der Waals surface area contributed by atoms with E-state index in [0.717, 1.165) is 24.0 Å². The topological polar surface area (TPSA) is 49.7 Å². The lowest BCUT2D eigenvalue weighted by Crippen LogP contribution is -2.03. The van der Waals surface area contributed by atoms with Gasteiger partial charge < -0.3 is 5.11 Å². The molecule has 15 heavy (non-hydrogen) atoms. The van der Waals surface area contributed by atoms with E-state index in [1.807, 2.05) is 6.07 Å². The molecule has 3 nitrogen and oxygen atoms in total. The van der Waals surface area contributed by atoms with Crippen molar-refractivity contribution in [2.75, 3.05) is 0 Å². The summed E-state index contributed by atoms with van der Waals surface area (Å²) < 4.78 is 0. The molecule has 0 heterocycles. The molecule has 1 aliphatic carbocycles. The standard InChI is InChI=1S/C11H10ClNO2/c1-7-2-3-8(9(12)10(7)15)11(4-5-11)13-6-14/h2-3,15H,4-5H2,1H3. The van der Waals surface area contributed by atoms with E-state index in [1.165, 1.54) is 0 Å². The van der Waals surface area contributed by atoms with Crippen LogP contribution in [-0.4, -0.2) is 11.2 Å². The smallest absolute Gasteiger partial charge is 0.235 e. The largest absolute Gasteiger partial charge is 0.506 e. The Bertz CT molecular complexity index is 460. The van der Waals surface area contributed by atoms with Crippen molar-refractivity contribution >= 4 is 17.7 Å². The summed E-state index contributed by atoms with van der Waals surface area (Å²) in [5, 5.41) is 9.97. The Morgan fingerprint density at radius 3 is 2.73 bits per heavy atom. The second kappa shape index (κ2) is 3.37. The molecular weight excluding hydrogens is 214 g/mol. The first-order valence-corrected chi connectivity index (χ1v) is 5.06. The fourth-order valence-electron chi connectivity index (χ4n) is 1.67. The SMILES string of the molecule is Cc1ccc(C2(N=C=O)CC2)c(Cl)c1O. The van der Waals surface area contributed by atoms with Gasteiger partial charge >= 0.3 is 0 Å². The van der Waals surface area contributed by atoms with Gasteiger partial charge in [-0.05, 0) is 25.3 Å². The van der Waals surface area contributed by atoms with Gasteiger partial charge in [-0.1, -0.05) is 23.7 Å². The van der Waals surface area contributed by atoms with Gasteiger partial charge in [-0.25, -0.2) is 4.79 Å². The third-order valence-electron chi connectivity index (χ3n) is 2.80. The molecule has 78 valence electrons. The highest BCUT2D eigenvalue weighted by atomic mass is 35.5. The van der Waals surface area contributed by atoms with E-state index in [9.17, 15) is 9.90 Å². The Balaban J connectivity index is 2.55. The van der Waals surface area contributed by atoms with Crippen molar-refractivity contribution in [1.82, 2.24) is 0 Å². The summed E-state index contributed by atoms with van der Waals surface area (Å²) in [5.74, 6) is 0.0709. The third-order valence-corrected chi connectivity index (χ3v) is 3.19. The van der Waals surface area contributed by atoms with Crippen LogP contribution in [0.4, 0.5) is 0 Å². The molecule has 0 amide bonds. The summed E-state index contributed by atoms with van der Waals surface area (Å²) in [5.41, 5.74) is 0.912. The second-order valence-electron chi connectivity index (χ2n) is 3.83. The quantitative estimate of drug-likeness (QED) is 0.619. The number of phenols is 1. The highest BCUT2D eigenvalue weighted by molar-refractivity contribution is 6.33. The van der Waals surface area contributed by atoms with Crippen LogP contribution in [0.5, 0.6) is 5.75 Å². The van der Waals surface area contributed by atoms with Crippen molar-refractivity contribution in [3.8, 4) is 5.75 Å². The summed E-state index contributed by atoms with van der Waals surface area (Å²) in [6, 6.07) is 3.59. The number of nitrogens with zero attached hydrogens (tertiary/aromatic N) is 1. The number of isocyanates is 1. The van der Waals surface area contributed by atoms with E-state index < -0.39 is 5.54 Å². The van der Waals surface area contributed by atoms with E-state index in [2.05, 4.69) is 4.99 Å². The van der Waals surface area contributed by atoms with E-state index >= 15 is 0 Å². The molecule has 0 bridgehead atoms. The van der Waals surface area contributed by atoms with E-state index in [1.54, 1.807) is 19.1 Å². The average Bonchev–Trinajstić information content (AvgIpc) is 2.96. The minimum Gasteiger partial charge on any atom is -0.506 e. The minimum atomic E-state index is -0.524. The summed E-state index contributed by atoms with van der Waals surface area (Å²) in [4.78, 5) is 14.1. The molecule has 1 fully saturated rings. The third kappa shape index (κ3) is 1.54. The van der Waals surface area contributed by atoms with Crippen LogP contribution in [0.3, 0.4) is 0 Å². The summed E-state index contributed by atoms with van der Waals surface area (Å²) in [6.45, 7) is 1.77. The molecule has 0 atom stereocenters. The van der Waals surface area contributed by atoms with Crippen LogP contribution < -0.4 is 0 Å². The lowest BCUT2D eigenvalue weighted by molar-refractivity contribution is 0.469. The van der Waals surface area contributed by atoms with Gasteiger partial charge in [0.15, 0.2) is 0 Å². The van der Waals surface area contributed by atoms with Gasteiger partial charge in [-0.2, -0.15) is 4.99 Å². The molecule has 1 aromatic carbocycles. The predicted octanol–water partition coefficient (Wildman–Crippen LogP) is 2.68. The van der Waals surface area contributed by atoms with E-state index in [4.69, 9.17) is 11.6 Å². The van der Waals surface area contributed by atoms with Crippen molar-refractivity contribution in [1.29, 1.82) is 0 Å². The number of hydrogen-bond donors (Lipinski definition) is 1. The average molecular weight is 224 g/mol. The molecule has 4 heteroatoms. The number of aliphatic imine (C=N–C) groups is 1. The van der Waals surface area contributed by atoms with Crippen LogP contribution in [0.25, 0.3) is 0 Å². The van der Waals surface area contributed by atoms with Crippen molar-refractivity contribution in [3.05, 3.63) is 28.3 Å². The number of rotatable bonds is 2. The van der Waals surface area contributed by atoms with Gasteiger partial charge in [-0.3, -0.25) is 0 Å². The number of aromatic hydroxyl groups is 1. The van der Waals surface area contributed by atoms with Crippen molar-refractivity contribution in [2.24, 2.45) is 4.99 Å². The van der Waals surface area contributed by atoms with Crippen LogP contribution in [0.15, 0.2) is 17.1 Å². The van der Waals surface area contributed by atoms with E-state index in [0.29, 0.717) is 5.02 Å². The Kier molecular flexibility index (Phi) is 2.29. The first-order chi connectivity index (χ1) is 7.10. The molecule has 1 aliphatic rings. The zero-order chi connectivity index (χ0) is 11.1. The molecule has 0 unspecified atom stereocenters. The summed E-state index contributed by atoms with van der Waals surface area (Å²) >= 11 is 6.02. The first kappa shape index (κ1) is 10.2. The van der Waals surface area contributed by atoms with Crippen LogP contribution >= 0.6 is 11.6 Å². The van der Waals surface area contributed by atoms with Gasteiger partial charge in [0.05, 0.1) is 10.6 Å². The first-order valence-electron chi connectivity index (χ1n) is 4.68.